The number of carbonyl (C=O) groups is 1. The van der Waals surface area contributed by atoms with E-state index in [-0.39, 0.29) is 12.4 Å². The van der Waals surface area contributed by atoms with E-state index >= 15 is 0 Å². The molecule has 0 heterocycles. The van der Waals surface area contributed by atoms with Crippen LogP contribution >= 0.6 is 34.8 Å². The number of carbonyl (C=O) groups excluding carboxylic acids is 1. The van der Waals surface area contributed by atoms with Crippen molar-refractivity contribution in [2.75, 3.05) is 7.11 Å². The van der Waals surface area contributed by atoms with E-state index in [1.54, 1.807) is 37.5 Å². The number of methoxy groups -OCH3 is 1. The molecular formula is C23H16Cl3FO3. The zero-order valence-corrected chi connectivity index (χ0v) is 18.1. The van der Waals surface area contributed by atoms with Gasteiger partial charge in [-0.25, -0.2) is 4.39 Å². The molecule has 0 aliphatic carbocycles. The highest BCUT2D eigenvalue weighted by atomic mass is 35.5. The van der Waals surface area contributed by atoms with Gasteiger partial charge in [0.25, 0.3) is 0 Å². The molecule has 0 aromatic heterocycles. The molecule has 3 aromatic carbocycles. The molecule has 0 aliphatic heterocycles. The third kappa shape index (κ3) is 5.54. The van der Waals surface area contributed by atoms with Crippen LogP contribution in [0.15, 0.2) is 60.7 Å². The molecule has 0 saturated heterocycles. The van der Waals surface area contributed by atoms with Gasteiger partial charge in [-0.05, 0) is 60.2 Å². The summed E-state index contributed by atoms with van der Waals surface area (Å²) in [7, 11) is 1.55. The Morgan fingerprint density at radius 2 is 1.67 bits per heavy atom. The number of ketones is 1. The molecule has 0 bridgehead atoms. The second-order valence-electron chi connectivity index (χ2n) is 6.26. The van der Waals surface area contributed by atoms with Crippen molar-refractivity contribution in [3.8, 4) is 11.5 Å². The molecule has 0 spiro atoms. The van der Waals surface area contributed by atoms with E-state index in [0.717, 1.165) is 11.1 Å². The van der Waals surface area contributed by atoms with Crippen molar-refractivity contribution in [3.05, 3.63) is 98.2 Å². The molecular weight excluding hydrogens is 450 g/mol. The Morgan fingerprint density at radius 3 is 2.30 bits per heavy atom. The Bertz CT molecular complexity index is 1070. The predicted molar refractivity (Wildman–Crippen MR) is 119 cm³/mol. The molecule has 3 aromatic rings. The van der Waals surface area contributed by atoms with Gasteiger partial charge < -0.3 is 9.47 Å². The van der Waals surface area contributed by atoms with Gasteiger partial charge in [0, 0.05) is 16.1 Å². The van der Waals surface area contributed by atoms with Crippen molar-refractivity contribution in [2.45, 2.75) is 6.61 Å². The number of allylic oxidation sites excluding steroid dienone is 1. The summed E-state index contributed by atoms with van der Waals surface area (Å²) in [6.07, 6.45) is 3.09. The minimum Gasteiger partial charge on any atom is -0.496 e. The molecule has 0 unspecified atom stereocenters. The summed E-state index contributed by atoms with van der Waals surface area (Å²) in [5.41, 5.74) is 1.89. The van der Waals surface area contributed by atoms with Crippen LogP contribution in [-0.4, -0.2) is 12.9 Å². The van der Waals surface area contributed by atoms with Crippen LogP contribution in [0.1, 0.15) is 21.5 Å². The molecule has 154 valence electrons. The molecule has 0 aliphatic rings. The average Bonchev–Trinajstić information content (AvgIpc) is 2.71. The standard InChI is InChI=1S/C23H16Cl3FO3/c1-29-22-9-3-14(2-8-21(28)15-4-6-18(27)7-5-15)10-16(22)13-30-23-19(25)11-17(24)12-20(23)26/h2-12H,13H2,1H3. The van der Waals surface area contributed by atoms with Crippen LogP contribution in [0.3, 0.4) is 0 Å². The van der Waals surface area contributed by atoms with E-state index in [2.05, 4.69) is 0 Å². The molecule has 30 heavy (non-hydrogen) atoms. The molecule has 7 heteroatoms. The van der Waals surface area contributed by atoms with Crippen LogP contribution in [-0.2, 0) is 6.61 Å². The van der Waals surface area contributed by atoms with Crippen LogP contribution in [0.25, 0.3) is 6.08 Å². The lowest BCUT2D eigenvalue weighted by Gasteiger charge is -2.13. The van der Waals surface area contributed by atoms with Gasteiger partial charge in [0.1, 0.15) is 18.2 Å². The summed E-state index contributed by atoms with van der Waals surface area (Å²) in [4.78, 5) is 12.3. The maximum absolute atomic E-state index is 13.0. The average molecular weight is 466 g/mol. The highest BCUT2D eigenvalue weighted by molar-refractivity contribution is 6.40. The highest BCUT2D eigenvalue weighted by Crippen LogP contribution is 2.36. The van der Waals surface area contributed by atoms with Gasteiger partial charge in [0.15, 0.2) is 11.5 Å². The van der Waals surface area contributed by atoms with Gasteiger partial charge >= 0.3 is 0 Å². The number of benzene rings is 3. The van der Waals surface area contributed by atoms with Gasteiger partial charge in [-0.3, -0.25) is 4.79 Å². The number of halogens is 4. The van der Waals surface area contributed by atoms with Crippen molar-refractivity contribution < 1.29 is 18.7 Å². The van der Waals surface area contributed by atoms with E-state index in [9.17, 15) is 9.18 Å². The van der Waals surface area contributed by atoms with Gasteiger partial charge in [0.05, 0.1) is 17.2 Å². The van der Waals surface area contributed by atoms with E-state index in [1.807, 2.05) is 6.07 Å². The monoisotopic (exact) mass is 464 g/mol. The lowest BCUT2D eigenvalue weighted by molar-refractivity contribution is 0.104. The van der Waals surface area contributed by atoms with Gasteiger partial charge in [-0.1, -0.05) is 46.9 Å². The van der Waals surface area contributed by atoms with E-state index in [0.29, 0.717) is 32.1 Å². The zero-order valence-electron chi connectivity index (χ0n) is 15.8. The van der Waals surface area contributed by atoms with E-state index in [4.69, 9.17) is 44.3 Å². The fourth-order valence-electron chi connectivity index (χ4n) is 2.71. The minimum absolute atomic E-state index is 0.137. The third-order valence-corrected chi connectivity index (χ3v) is 4.98. The first-order valence-electron chi connectivity index (χ1n) is 8.79. The van der Waals surface area contributed by atoms with Crippen molar-refractivity contribution in [2.24, 2.45) is 0 Å². The number of hydrogen-bond acceptors (Lipinski definition) is 3. The molecule has 0 amide bonds. The van der Waals surface area contributed by atoms with Crippen LogP contribution in [0.4, 0.5) is 4.39 Å². The lowest BCUT2D eigenvalue weighted by atomic mass is 10.1. The van der Waals surface area contributed by atoms with Crippen molar-refractivity contribution in [1.29, 1.82) is 0 Å². The Hall–Kier alpha value is -2.53. The minimum atomic E-state index is -0.392. The quantitative estimate of drug-likeness (QED) is 0.272. The Morgan fingerprint density at radius 1 is 1.00 bits per heavy atom. The van der Waals surface area contributed by atoms with Crippen molar-refractivity contribution >= 4 is 46.7 Å². The fourth-order valence-corrected chi connectivity index (χ4v) is 3.64. The predicted octanol–water partition coefficient (Wildman–Crippen LogP) is 7.27. The smallest absolute Gasteiger partial charge is 0.185 e. The molecule has 0 fully saturated rings. The molecule has 0 N–H and O–H groups in total. The lowest BCUT2D eigenvalue weighted by Crippen LogP contribution is -2.00. The maximum Gasteiger partial charge on any atom is 0.185 e. The molecule has 0 radical (unpaired) electrons. The second kappa shape index (κ2) is 9.98. The normalized spacial score (nSPS) is 11.0. The molecule has 3 rings (SSSR count). The number of rotatable bonds is 7. The summed E-state index contributed by atoms with van der Waals surface area (Å²) in [6.45, 7) is 0.137. The van der Waals surface area contributed by atoms with E-state index < -0.39 is 5.82 Å². The highest BCUT2D eigenvalue weighted by Gasteiger charge is 2.12. The van der Waals surface area contributed by atoms with Gasteiger partial charge in [-0.2, -0.15) is 0 Å². The largest absolute Gasteiger partial charge is 0.496 e. The summed E-state index contributed by atoms with van der Waals surface area (Å²) < 4.78 is 24.2. The topological polar surface area (TPSA) is 35.5 Å². The fraction of sp³-hybridized carbons (Fsp3) is 0.0870. The summed E-state index contributed by atoms with van der Waals surface area (Å²) in [5, 5.41) is 1.01. The summed E-state index contributed by atoms with van der Waals surface area (Å²) in [6, 6.07) is 13.9. The Balaban J connectivity index is 1.78. The van der Waals surface area contributed by atoms with Crippen molar-refractivity contribution in [3.63, 3.8) is 0 Å². The van der Waals surface area contributed by atoms with Crippen LogP contribution in [0.2, 0.25) is 15.1 Å². The molecule has 0 atom stereocenters. The van der Waals surface area contributed by atoms with Gasteiger partial charge in [-0.15, -0.1) is 0 Å². The molecule has 0 saturated carbocycles. The first-order valence-corrected chi connectivity index (χ1v) is 9.93. The second-order valence-corrected chi connectivity index (χ2v) is 7.51. The summed E-state index contributed by atoms with van der Waals surface area (Å²) in [5.74, 6) is 0.301. The first kappa shape index (κ1) is 22.2. The zero-order chi connectivity index (χ0) is 21.7. The van der Waals surface area contributed by atoms with Crippen molar-refractivity contribution in [1.82, 2.24) is 0 Å². The summed E-state index contributed by atoms with van der Waals surface area (Å²) >= 11 is 18.2. The van der Waals surface area contributed by atoms with Crippen LogP contribution in [0.5, 0.6) is 11.5 Å². The third-order valence-electron chi connectivity index (χ3n) is 4.20. The Labute approximate surface area is 188 Å². The van der Waals surface area contributed by atoms with Crippen LogP contribution in [0, 0.1) is 5.82 Å². The van der Waals surface area contributed by atoms with E-state index in [1.165, 1.54) is 30.3 Å². The first-order chi connectivity index (χ1) is 14.4. The molecule has 3 nitrogen and oxygen atoms in total. The number of ether oxygens (including phenoxy) is 2. The maximum atomic E-state index is 13.0. The van der Waals surface area contributed by atoms with Crippen LogP contribution < -0.4 is 9.47 Å². The number of hydrogen-bond donors (Lipinski definition) is 0. The Kier molecular flexibility index (Phi) is 7.38. The van der Waals surface area contributed by atoms with Gasteiger partial charge in [0.2, 0.25) is 0 Å². The SMILES string of the molecule is COc1ccc(C=CC(=O)c2ccc(F)cc2)cc1COc1c(Cl)cc(Cl)cc1Cl.